The predicted molar refractivity (Wildman–Crippen MR) is 213 cm³/mol. The molecule has 0 spiro atoms. The number of aromatic nitrogens is 4. The second-order valence-electron chi connectivity index (χ2n) is 15.4. The molecule has 2 aliphatic rings. The molecule has 57 heavy (non-hydrogen) atoms. The molecule has 2 aliphatic heterocycles. The van der Waals surface area contributed by atoms with Gasteiger partial charge in [-0.1, -0.05) is 36.4 Å². The number of likely N-dealkylation sites (tertiary alicyclic amines) is 2. The van der Waals surface area contributed by atoms with Gasteiger partial charge < -0.3 is 34.1 Å². The highest BCUT2D eigenvalue weighted by molar-refractivity contribution is 6.29. The monoisotopic (exact) mass is 810 g/mol. The van der Waals surface area contributed by atoms with Crippen molar-refractivity contribution in [1.82, 2.24) is 28.9 Å². The summed E-state index contributed by atoms with van der Waals surface area (Å²) in [5.41, 5.74) is 2.26. The number of carbonyl (C=O) groups excluding carboxylic acids is 2. The average Bonchev–Trinajstić information content (AvgIpc) is 3.88. The number of carboxylic acids is 2. The fourth-order valence-corrected chi connectivity index (χ4v) is 6.41. The maximum absolute atomic E-state index is 12.4. The number of rotatable bonds is 8. The lowest BCUT2D eigenvalue weighted by Gasteiger charge is -2.26. The summed E-state index contributed by atoms with van der Waals surface area (Å²) in [6.45, 7) is 19.1. The fraction of sp³-hybridized carbons (Fsp3) is 0.450. The Bertz CT molecular complexity index is 2080. The van der Waals surface area contributed by atoms with Crippen LogP contribution in [0.1, 0.15) is 54.4 Å². The Hall–Kier alpha value is -5.61. The van der Waals surface area contributed by atoms with Gasteiger partial charge in [0.05, 0.1) is 41.3 Å². The highest BCUT2D eigenvalue weighted by Crippen LogP contribution is 2.28. The largest absolute Gasteiger partial charge is 0.480 e. The van der Waals surface area contributed by atoms with Crippen molar-refractivity contribution >= 4 is 57.8 Å². The van der Waals surface area contributed by atoms with Gasteiger partial charge in [-0.05, 0) is 77.4 Å². The van der Waals surface area contributed by atoms with Gasteiger partial charge in [-0.3, -0.25) is 14.4 Å². The summed E-state index contributed by atoms with van der Waals surface area (Å²) >= 11 is 5.95. The van der Waals surface area contributed by atoms with Crippen LogP contribution >= 0.6 is 11.6 Å². The predicted octanol–water partition coefficient (Wildman–Crippen LogP) is 6.38. The number of carboxylic acid groups (broad SMARTS) is 2. The van der Waals surface area contributed by atoms with Crippen LogP contribution in [0.5, 0.6) is 6.01 Å². The van der Waals surface area contributed by atoms with Gasteiger partial charge in [0.1, 0.15) is 29.4 Å². The second-order valence-corrected chi connectivity index (χ2v) is 15.7. The van der Waals surface area contributed by atoms with Gasteiger partial charge in [0.15, 0.2) is 0 Å². The third-order valence-electron chi connectivity index (χ3n) is 8.49. The number of para-hydroxylation sites is 4. The molecule has 2 aromatic heterocycles. The number of fused-ring (bicyclic) bond motifs is 2. The number of amides is 2. The first-order valence-electron chi connectivity index (χ1n) is 18.3. The Kier molecular flexibility index (Phi) is 14.4. The van der Waals surface area contributed by atoms with Gasteiger partial charge in [-0.25, -0.2) is 24.2 Å². The van der Waals surface area contributed by atoms with Gasteiger partial charge >= 0.3 is 24.1 Å². The minimum Gasteiger partial charge on any atom is -0.480 e. The molecule has 0 saturated carbocycles. The van der Waals surface area contributed by atoms with Crippen LogP contribution in [0.2, 0.25) is 5.28 Å². The molecular formula is C40H51ClN6O10. The number of aliphatic hydroxyl groups excluding tert-OH is 1. The lowest BCUT2D eigenvalue weighted by atomic mass is 10.2. The number of aliphatic carboxylic acids is 2. The summed E-state index contributed by atoms with van der Waals surface area (Å²) in [7, 11) is 0. The highest BCUT2D eigenvalue weighted by Gasteiger charge is 2.43. The van der Waals surface area contributed by atoms with Crippen molar-refractivity contribution in [1.29, 1.82) is 0 Å². The molecule has 4 atom stereocenters. The topological polar surface area (TPSA) is 199 Å². The number of benzene rings is 2. The number of imidazole rings is 2. The molecule has 17 heteroatoms. The smallest absolute Gasteiger partial charge is 0.411 e. The zero-order chi connectivity index (χ0) is 42.2. The van der Waals surface area contributed by atoms with Crippen LogP contribution in [-0.2, 0) is 32.2 Å². The van der Waals surface area contributed by atoms with E-state index in [9.17, 15) is 29.4 Å². The van der Waals surface area contributed by atoms with Crippen molar-refractivity contribution < 1.29 is 48.7 Å². The molecule has 0 radical (unpaired) electrons. The fourth-order valence-electron chi connectivity index (χ4n) is 6.16. The highest BCUT2D eigenvalue weighted by atomic mass is 35.5. The first-order chi connectivity index (χ1) is 26.7. The number of aliphatic hydroxyl groups is 1. The maximum atomic E-state index is 12.4. The van der Waals surface area contributed by atoms with Crippen LogP contribution in [0, 0.1) is 0 Å². The molecule has 0 bridgehead atoms. The maximum Gasteiger partial charge on any atom is 0.411 e. The number of halogens is 1. The summed E-state index contributed by atoms with van der Waals surface area (Å²) in [6, 6.07) is 13.8. The minimum absolute atomic E-state index is 0.00583. The van der Waals surface area contributed by atoms with E-state index in [1.54, 1.807) is 53.7 Å². The quantitative estimate of drug-likeness (QED) is 0.166. The third-order valence-corrected chi connectivity index (χ3v) is 8.78. The Balaban J connectivity index is 0.000000209. The van der Waals surface area contributed by atoms with Crippen LogP contribution in [0.3, 0.4) is 0 Å². The number of carbonyl (C=O) groups is 4. The number of hydrogen-bond acceptors (Lipinski definition) is 10. The summed E-state index contributed by atoms with van der Waals surface area (Å²) in [6.07, 6.45) is 1.09. The summed E-state index contributed by atoms with van der Waals surface area (Å²) in [5, 5.41) is 28.3. The van der Waals surface area contributed by atoms with E-state index >= 15 is 0 Å². The average molecular weight is 811 g/mol. The van der Waals surface area contributed by atoms with Crippen LogP contribution in [0.15, 0.2) is 73.8 Å². The molecule has 2 amide bonds. The van der Waals surface area contributed by atoms with E-state index in [2.05, 4.69) is 23.1 Å². The number of hydrogen-bond donors (Lipinski definition) is 3. The van der Waals surface area contributed by atoms with E-state index in [1.807, 2.05) is 57.7 Å². The van der Waals surface area contributed by atoms with E-state index in [0.29, 0.717) is 24.4 Å². The molecule has 4 aromatic rings. The Morgan fingerprint density at radius 3 is 1.72 bits per heavy atom. The lowest BCUT2D eigenvalue weighted by molar-refractivity contribution is -0.142. The van der Waals surface area contributed by atoms with Gasteiger partial charge in [0.25, 0.3) is 6.01 Å². The zero-order valence-electron chi connectivity index (χ0n) is 33.0. The molecule has 3 N–H and O–H groups in total. The summed E-state index contributed by atoms with van der Waals surface area (Å²) in [5.74, 6) is -2.21. The van der Waals surface area contributed by atoms with Crippen molar-refractivity contribution in [2.75, 3.05) is 13.1 Å². The standard InChI is InChI=1S/C20H25N3O5.C10H9ClN2.C10H17NO5/c1-5-10-22-15-9-7-6-8-14(15)21-18(22)27-13-11-16(17(24)25)23(12-13)19(26)28-20(2,3)4;1-2-7-13-9-6-4-3-5-8(9)12-10(13)11;1-10(2,3)16-9(15)11-5-6(12)4-7(11)8(13)14/h5-9,13,16H,1,10-12H2,2-4H3,(H,24,25);2-6H,1,7H2;6-7,12H,4-5H2,1-3H3,(H,13,14)/t13-,16+;;6-,7+/m1.1/s1. The Morgan fingerprint density at radius 2 is 1.21 bits per heavy atom. The lowest BCUT2D eigenvalue weighted by Crippen LogP contribution is -2.43. The first kappa shape index (κ1) is 44.1. The normalized spacial score (nSPS) is 19.2. The van der Waals surface area contributed by atoms with Crippen molar-refractivity contribution in [3.63, 3.8) is 0 Å². The summed E-state index contributed by atoms with van der Waals surface area (Å²) in [4.78, 5) is 57.6. The number of β-amino-alcohol motifs (C(OH)–C–C–N with tert-alkyl or cyclic N) is 1. The van der Waals surface area contributed by atoms with E-state index in [4.69, 9.17) is 30.9 Å². The molecule has 2 saturated heterocycles. The minimum atomic E-state index is -1.12. The zero-order valence-corrected chi connectivity index (χ0v) is 33.8. The third kappa shape index (κ3) is 11.7. The van der Waals surface area contributed by atoms with E-state index in [-0.39, 0.29) is 25.9 Å². The second kappa shape index (κ2) is 18.6. The van der Waals surface area contributed by atoms with Crippen molar-refractivity contribution in [2.24, 2.45) is 0 Å². The molecule has 0 aliphatic carbocycles. The van der Waals surface area contributed by atoms with Crippen LogP contribution in [-0.4, -0.2) is 117 Å². The summed E-state index contributed by atoms with van der Waals surface area (Å²) < 4.78 is 20.2. The van der Waals surface area contributed by atoms with Gasteiger partial charge in [-0.15, -0.1) is 13.2 Å². The molecule has 6 rings (SSSR count). The van der Waals surface area contributed by atoms with E-state index < -0.39 is 59.6 Å². The number of allylic oxidation sites excluding steroid dienone is 2. The Morgan fingerprint density at radius 1 is 0.754 bits per heavy atom. The van der Waals surface area contributed by atoms with Crippen molar-refractivity contribution in [3.8, 4) is 6.01 Å². The number of ether oxygens (including phenoxy) is 3. The van der Waals surface area contributed by atoms with Crippen LogP contribution < -0.4 is 4.74 Å². The molecule has 308 valence electrons. The molecule has 0 unspecified atom stereocenters. The number of nitrogens with zero attached hydrogens (tertiary/aromatic N) is 6. The molecule has 2 aromatic carbocycles. The van der Waals surface area contributed by atoms with E-state index in [0.717, 1.165) is 27.0 Å². The Labute approximate surface area is 335 Å². The van der Waals surface area contributed by atoms with Crippen LogP contribution in [0.4, 0.5) is 9.59 Å². The SMILES string of the molecule is C=CCn1c(Cl)nc2ccccc21.C=CCn1c(O[C@@H]2C[C@@H](C(=O)O)N(C(=O)OC(C)(C)C)C2)nc2ccccc21.CC(C)(C)OC(=O)N1C[C@H](O)C[C@H]1C(=O)O. The molecule has 16 nitrogen and oxygen atoms in total. The van der Waals surface area contributed by atoms with Crippen LogP contribution in [0.25, 0.3) is 22.1 Å². The molecule has 2 fully saturated rings. The van der Waals surface area contributed by atoms with Crippen molar-refractivity contribution in [3.05, 3.63) is 79.1 Å². The van der Waals surface area contributed by atoms with Gasteiger partial charge in [0.2, 0.25) is 5.28 Å². The van der Waals surface area contributed by atoms with Gasteiger partial charge in [-0.2, -0.15) is 4.98 Å². The van der Waals surface area contributed by atoms with E-state index in [1.165, 1.54) is 4.90 Å². The van der Waals surface area contributed by atoms with Gasteiger partial charge in [0, 0.05) is 25.9 Å². The first-order valence-corrected chi connectivity index (χ1v) is 18.7. The molecular weight excluding hydrogens is 760 g/mol. The molecule has 4 heterocycles. The van der Waals surface area contributed by atoms with Crippen molar-refractivity contribution in [2.45, 2.75) is 103 Å².